The minimum Gasteiger partial charge on any atom is -0.496 e. The average molecular weight is 541 g/mol. The molecule has 3 N–H and O–H groups in total. The van der Waals surface area contributed by atoms with Crippen LogP contribution in [0.15, 0.2) is 36.4 Å². The minimum absolute atomic E-state index is 0.0611. The lowest BCUT2D eigenvalue weighted by atomic mass is 9.83. The molecule has 214 valence electrons. The maximum absolute atomic E-state index is 9.49. The molecule has 6 rings (SSSR count). The van der Waals surface area contributed by atoms with Crippen molar-refractivity contribution in [2.24, 2.45) is 0 Å². The standard InChI is InChI=1S/C17H25NO3.C14H19NO3/c1-3-7-18-10-13(11-19)21-17-9-14-12(8-15(17)18)5-4-6-16(14)20-2;1-17-13-4-2-3-9-5-12-14(6-11(9)13)18-10(8-16)7-15-12/h4-6,13,15,17,19H,3,7-11H2,1-2H3;2-4,10,12,14-16H,5-8H2,1H3/t13-,15+,17+;10-,12+,14+/m00/s1. The largest absolute Gasteiger partial charge is 0.496 e. The summed E-state index contributed by atoms with van der Waals surface area (Å²) in [4.78, 5) is 2.50. The molecular weight excluding hydrogens is 496 g/mol. The highest BCUT2D eigenvalue weighted by Crippen LogP contribution is 2.35. The van der Waals surface area contributed by atoms with Crippen molar-refractivity contribution in [1.82, 2.24) is 10.2 Å². The lowest BCUT2D eigenvalue weighted by molar-refractivity contribution is -0.135. The van der Waals surface area contributed by atoms with Crippen LogP contribution in [-0.2, 0) is 35.2 Å². The van der Waals surface area contributed by atoms with Crippen LogP contribution in [0.4, 0.5) is 0 Å². The Balaban J connectivity index is 0.000000160. The van der Waals surface area contributed by atoms with E-state index >= 15 is 0 Å². The summed E-state index contributed by atoms with van der Waals surface area (Å²) in [6.45, 7) is 5.03. The van der Waals surface area contributed by atoms with E-state index in [4.69, 9.17) is 18.9 Å². The highest BCUT2D eigenvalue weighted by atomic mass is 16.5. The van der Waals surface area contributed by atoms with E-state index in [-0.39, 0.29) is 37.6 Å². The summed E-state index contributed by atoms with van der Waals surface area (Å²) >= 11 is 0. The monoisotopic (exact) mass is 540 g/mol. The maximum Gasteiger partial charge on any atom is 0.122 e. The van der Waals surface area contributed by atoms with Crippen LogP contribution in [0.1, 0.15) is 35.6 Å². The molecule has 2 aromatic rings. The van der Waals surface area contributed by atoms with Gasteiger partial charge in [-0.25, -0.2) is 0 Å². The Hall–Kier alpha value is -2.20. The van der Waals surface area contributed by atoms with Crippen LogP contribution in [0.3, 0.4) is 0 Å². The Morgan fingerprint density at radius 2 is 1.46 bits per heavy atom. The molecule has 0 radical (unpaired) electrons. The van der Waals surface area contributed by atoms with Crippen LogP contribution in [-0.4, -0.2) is 98.7 Å². The summed E-state index contributed by atoms with van der Waals surface area (Å²) in [6.07, 6.45) is 4.99. The zero-order valence-corrected chi connectivity index (χ0v) is 23.5. The molecule has 4 aliphatic rings. The fraction of sp³-hybridized carbons (Fsp3) is 0.613. The van der Waals surface area contributed by atoms with Crippen LogP contribution in [0, 0.1) is 0 Å². The predicted octanol–water partition coefficient (Wildman–Crippen LogP) is 2.15. The van der Waals surface area contributed by atoms with E-state index in [1.807, 2.05) is 18.2 Å². The number of hydrogen-bond donors (Lipinski definition) is 3. The number of methoxy groups -OCH3 is 2. The predicted molar refractivity (Wildman–Crippen MR) is 150 cm³/mol. The normalized spacial score (nSPS) is 29.6. The molecule has 8 nitrogen and oxygen atoms in total. The molecule has 0 spiro atoms. The lowest BCUT2D eigenvalue weighted by Gasteiger charge is -2.47. The van der Waals surface area contributed by atoms with E-state index in [0.717, 1.165) is 63.2 Å². The van der Waals surface area contributed by atoms with Crippen LogP contribution in [0.5, 0.6) is 11.5 Å². The number of nitrogens with zero attached hydrogens (tertiary/aromatic N) is 1. The summed E-state index contributed by atoms with van der Waals surface area (Å²) < 4.78 is 23.0. The van der Waals surface area contributed by atoms with Gasteiger partial charge in [0, 0.05) is 38.0 Å². The molecule has 0 aromatic heterocycles. The molecule has 2 saturated heterocycles. The third-order valence-electron chi connectivity index (χ3n) is 8.62. The number of fused-ring (bicyclic) bond motifs is 4. The molecule has 0 unspecified atom stereocenters. The number of nitrogens with one attached hydrogen (secondary N) is 1. The SMILES string of the molecule is CCCN1C[C@@H](CO)O[C@@H]2Cc3c(cccc3OC)C[C@H]21.COc1cccc2c1C[C@H]1O[C@H](CO)CN[C@@H]1C2. The molecule has 0 saturated carbocycles. The molecule has 0 bridgehead atoms. The van der Waals surface area contributed by atoms with E-state index in [1.54, 1.807) is 14.2 Å². The van der Waals surface area contributed by atoms with E-state index in [1.165, 1.54) is 22.3 Å². The summed E-state index contributed by atoms with van der Waals surface area (Å²) in [6, 6.07) is 13.3. The maximum atomic E-state index is 9.49. The van der Waals surface area contributed by atoms with Gasteiger partial charge in [-0.05, 0) is 60.2 Å². The van der Waals surface area contributed by atoms with Crippen molar-refractivity contribution < 1.29 is 29.2 Å². The second kappa shape index (κ2) is 13.0. The third kappa shape index (κ3) is 6.11. The van der Waals surface area contributed by atoms with Crippen molar-refractivity contribution >= 4 is 0 Å². The van der Waals surface area contributed by atoms with Crippen LogP contribution in [0.2, 0.25) is 0 Å². The number of hydrogen-bond acceptors (Lipinski definition) is 8. The van der Waals surface area contributed by atoms with Gasteiger partial charge in [-0.1, -0.05) is 31.2 Å². The topological polar surface area (TPSA) is 92.7 Å². The number of aliphatic hydroxyl groups is 2. The molecular formula is C31H44N2O6. The molecule has 2 fully saturated rings. The number of ether oxygens (including phenoxy) is 4. The number of rotatable bonds is 6. The Morgan fingerprint density at radius 3 is 2.08 bits per heavy atom. The summed E-state index contributed by atoms with van der Waals surface area (Å²) in [5, 5.41) is 22.1. The smallest absolute Gasteiger partial charge is 0.122 e. The number of benzene rings is 2. The highest BCUT2D eigenvalue weighted by molar-refractivity contribution is 5.44. The van der Waals surface area contributed by atoms with Gasteiger partial charge in [0.2, 0.25) is 0 Å². The fourth-order valence-corrected chi connectivity index (χ4v) is 6.72. The second-order valence-electron chi connectivity index (χ2n) is 11.0. The van der Waals surface area contributed by atoms with Gasteiger partial charge in [0.05, 0.1) is 51.8 Å². The Morgan fingerprint density at radius 1 is 0.846 bits per heavy atom. The second-order valence-corrected chi connectivity index (χ2v) is 11.0. The van der Waals surface area contributed by atoms with Crippen molar-refractivity contribution in [2.45, 2.75) is 75.5 Å². The third-order valence-corrected chi connectivity index (χ3v) is 8.62. The quantitative estimate of drug-likeness (QED) is 0.514. The van der Waals surface area contributed by atoms with Crippen molar-refractivity contribution in [3.63, 3.8) is 0 Å². The Bertz CT molecular complexity index is 1100. The van der Waals surface area contributed by atoms with Crippen LogP contribution in [0.25, 0.3) is 0 Å². The molecule has 2 aromatic carbocycles. The van der Waals surface area contributed by atoms with Crippen molar-refractivity contribution in [1.29, 1.82) is 0 Å². The van der Waals surface area contributed by atoms with Crippen LogP contribution >= 0.6 is 0 Å². The zero-order valence-electron chi connectivity index (χ0n) is 23.5. The molecule has 2 aliphatic heterocycles. The summed E-state index contributed by atoms with van der Waals surface area (Å²) in [7, 11) is 3.43. The first-order chi connectivity index (χ1) is 19.1. The first-order valence-corrected chi connectivity index (χ1v) is 14.4. The Labute approximate surface area is 232 Å². The van der Waals surface area contributed by atoms with E-state index in [2.05, 4.69) is 35.3 Å². The molecule has 39 heavy (non-hydrogen) atoms. The van der Waals surface area contributed by atoms with Crippen molar-refractivity contribution in [3.8, 4) is 11.5 Å². The summed E-state index contributed by atoms with van der Waals surface area (Å²) in [5.74, 6) is 1.91. The summed E-state index contributed by atoms with van der Waals surface area (Å²) in [5.41, 5.74) is 5.25. The van der Waals surface area contributed by atoms with Gasteiger partial charge in [-0.15, -0.1) is 0 Å². The van der Waals surface area contributed by atoms with Crippen molar-refractivity contribution in [3.05, 3.63) is 58.7 Å². The fourth-order valence-electron chi connectivity index (χ4n) is 6.72. The Kier molecular flexibility index (Phi) is 9.43. The minimum atomic E-state index is -0.0810. The number of aliphatic hydroxyl groups excluding tert-OH is 2. The van der Waals surface area contributed by atoms with E-state index < -0.39 is 0 Å². The molecule has 8 heteroatoms. The first kappa shape index (κ1) is 28.3. The molecule has 0 amide bonds. The first-order valence-electron chi connectivity index (χ1n) is 14.4. The highest BCUT2D eigenvalue weighted by Gasteiger charge is 2.40. The van der Waals surface area contributed by atoms with Gasteiger partial charge < -0.3 is 34.5 Å². The van der Waals surface area contributed by atoms with E-state index in [0.29, 0.717) is 12.1 Å². The van der Waals surface area contributed by atoms with Gasteiger partial charge in [0.25, 0.3) is 0 Å². The van der Waals surface area contributed by atoms with E-state index in [9.17, 15) is 10.2 Å². The van der Waals surface area contributed by atoms with Gasteiger partial charge in [-0.2, -0.15) is 0 Å². The molecule has 6 atom stereocenters. The van der Waals surface area contributed by atoms with Gasteiger partial charge in [0.15, 0.2) is 0 Å². The van der Waals surface area contributed by atoms with Gasteiger partial charge in [-0.3, -0.25) is 4.90 Å². The number of morpholine rings is 2. The van der Waals surface area contributed by atoms with Gasteiger partial charge >= 0.3 is 0 Å². The molecule has 2 heterocycles. The average Bonchev–Trinajstić information content (AvgIpc) is 2.98. The van der Waals surface area contributed by atoms with Crippen molar-refractivity contribution in [2.75, 3.05) is 47.1 Å². The van der Waals surface area contributed by atoms with Gasteiger partial charge in [0.1, 0.15) is 11.5 Å². The molecule has 2 aliphatic carbocycles. The lowest BCUT2D eigenvalue weighted by Crippen LogP contribution is -2.58. The van der Waals surface area contributed by atoms with Crippen LogP contribution < -0.4 is 14.8 Å². The zero-order chi connectivity index (χ0) is 27.4.